The summed E-state index contributed by atoms with van der Waals surface area (Å²) in [5, 5.41) is 9.14. The lowest BCUT2D eigenvalue weighted by molar-refractivity contribution is 0.0787. The summed E-state index contributed by atoms with van der Waals surface area (Å²) in [5.41, 5.74) is 1.77. The summed E-state index contributed by atoms with van der Waals surface area (Å²) in [6, 6.07) is 8.38. The van der Waals surface area contributed by atoms with Crippen LogP contribution >= 0.6 is 11.6 Å². The molecule has 7 heteroatoms. The lowest BCUT2D eigenvalue weighted by Gasteiger charge is -2.31. The van der Waals surface area contributed by atoms with Crippen LogP contribution in [0.3, 0.4) is 0 Å². The zero-order valence-electron chi connectivity index (χ0n) is 14.9. The molecular weight excluding hydrogens is 350 g/mol. The normalized spacial score (nSPS) is 19.2. The van der Waals surface area contributed by atoms with Crippen LogP contribution in [-0.2, 0) is 6.54 Å². The van der Waals surface area contributed by atoms with E-state index < -0.39 is 0 Å². The van der Waals surface area contributed by atoms with Gasteiger partial charge in [0.2, 0.25) is 0 Å². The van der Waals surface area contributed by atoms with E-state index in [1.165, 1.54) is 5.56 Å². The SMILES string of the molecule is O=C(c1cn(C2CCN(Cc3ccc(Cl)cc3)CC2)nn1)N1CCCC1. The predicted molar refractivity (Wildman–Crippen MR) is 100 cm³/mol. The Morgan fingerprint density at radius 1 is 1.08 bits per heavy atom. The Bertz CT molecular complexity index is 746. The summed E-state index contributed by atoms with van der Waals surface area (Å²) in [6.07, 6.45) is 6.06. The number of rotatable bonds is 4. The van der Waals surface area contributed by atoms with Crippen LogP contribution in [0.15, 0.2) is 30.5 Å². The summed E-state index contributed by atoms with van der Waals surface area (Å²) in [6.45, 7) is 4.66. The number of hydrogen-bond acceptors (Lipinski definition) is 4. The molecule has 1 amide bonds. The second kappa shape index (κ2) is 7.76. The molecule has 2 aliphatic rings. The van der Waals surface area contributed by atoms with Gasteiger partial charge in [0.05, 0.1) is 12.2 Å². The highest BCUT2D eigenvalue weighted by atomic mass is 35.5. The third-order valence-electron chi connectivity index (χ3n) is 5.37. The first-order valence-corrected chi connectivity index (χ1v) is 9.75. The van der Waals surface area contributed by atoms with E-state index >= 15 is 0 Å². The number of benzene rings is 1. The summed E-state index contributed by atoms with van der Waals surface area (Å²) in [4.78, 5) is 16.7. The fourth-order valence-electron chi connectivity index (χ4n) is 3.83. The third-order valence-corrected chi connectivity index (χ3v) is 5.63. The molecule has 1 aromatic heterocycles. The van der Waals surface area contributed by atoms with Crippen LogP contribution in [0, 0.1) is 0 Å². The molecule has 2 aliphatic heterocycles. The average Bonchev–Trinajstić information content (AvgIpc) is 3.36. The Kier molecular flexibility index (Phi) is 5.22. The molecule has 0 N–H and O–H groups in total. The first kappa shape index (κ1) is 17.5. The topological polar surface area (TPSA) is 54.3 Å². The maximum Gasteiger partial charge on any atom is 0.276 e. The fraction of sp³-hybridized carbons (Fsp3) is 0.526. The fourth-order valence-corrected chi connectivity index (χ4v) is 3.95. The predicted octanol–water partition coefficient (Wildman–Crippen LogP) is 3.00. The molecule has 0 saturated carbocycles. The van der Waals surface area contributed by atoms with Gasteiger partial charge in [-0.05, 0) is 43.4 Å². The molecule has 2 aromatic rings. The largest absolute Gasteiger partial charge is 0.337 e. The number of carbonyl (C=O) groups excluding carboxylic acids is 1. The molecule has 138 valence electrons. The van der Waals surface area contributed by atoms with Crippen LogP contribution in [0.5, 0.6) is 0 Å². The van der Waals surface area contributed by atoms with Crippen molar-refractivity contribution in [1.29, 1.82) is 0 Å². The highest BCUT2D eigenvalue weighted by molar-refractivity contribution is 6.30. The van der Waals surface area contributed by atoms with Crippen molar-refractivity contribution in [1.82, 2.24) is 24.8 Å². The van der Waals surface area contributed by atoms with E-state index in [0.29, 0.717) is 11.7 Å². The molecule has 0 atom stereocenters. The van der Waals surface area contributed by atoms with Gasteiger partial charge >= 0.3 is 0 Å². The Hall–Kier alpha value is -1.92. The molecule has 0 unspecified atom stereocenters. The number of halogens is 1. The summed E-state index contributed by atoms with van der Waals surface area (Å²) < 4.78 is 1.89. The number of nitrogens with zero attached hydrogens (tertiary/aromatic N) is 5. The van der Waals surface area contributed by atoms with Crippen molar-refractivity contribution in [3.8, 4) is 0 Å². The molecule has 3 heterocycles. The van der Waals surface area contributed by atoms with E-state index in [4.69, 9.17) is 11.6 Å². The van der Waals surface area contributed by atoms with E-state index in [-0.39, 0.29) is 5.91 Å². The van der Waals surface area contributed by atoms with Gasteiger partial charge in [0.15, 0.2) is 5.69 Å². The van der Waals surface area contributed by atoms with Gasteiger partial charge in [0.25, 0.3) is 5.91 Å². The van der Waals surface area contributed by atoms with Gasteiger partial charge < -0.3 is 4.90 Å². The van der Waals surface area contributed by atoms with E-state index in [1.54, 1.807) is 0 Å². The van der Waals surface area contributed by atoms with Crippen molar-refractivity contribution >= 4 is 17.5 Å². The molecule has 26 heavy (non-hydrogen) atoms. The van der Waals surface area contributed by atoms with Gasteiger partial charge in [-0.25, -0.2) is 4.68 Å². The van der Waals surface area contributed by atoms with Crippen LogP contribution < -0.4 is 0 Å². The first-order valence-electron chi connectivity index (χ1n) is 9.37. The van der Waals surface area contributed by atoms with Gasteiger partial charge in [0.1, 0.15) is 0 Å². The van der Waals surface area contributed by atoms with Crippen molar-refractivity contribution in [2.75, 3.05) is 26.2 Å². The van der Waals surface area contributed by atoms with Crippen molar-refractivity contribution in [3.05, 3.63) is 46.7 Å². The van der Waals surface area contributed by atoms with Crippen LogP contribution in [0.2, 0.25) is 5.02 Å². The molecule has 2 fully saturated rings. The lowest BCUT2D eigenvalue weighted by Crippen LogP contribution is -2.34. The average molecular weight is 374 g/mol. The molecular formula is C19H24ClN5O. The van der Waals surface area contributed by atoms with E-state index in [0.717, 1.165) is 63.4 Å². The Morgan fingerprint density at radius 3 is 2.46 bits per heavy atom. The van der Waals surface area contributed by atoms with Crippen LogP contribution in [0.4, 0.5) is 0 Å². The number of amides is 1. The van der Waals surface area contributed by atoms with Crippen molar-refractivity contribution in [3.63, 3.8) is 0 Å². The molecule has 6 nitrogen and oxygen atoms in total. The van der Waals surface area contributed by atoms with Crippen LogP contribution in [-0.4, -0.2) is 56.9 Å². The standard InChI is InChI=1S/C19H24ClN5O/c20-16-5-3-15(4-6-16)13-23-11-7-17(8-12-23)25-14-18(21-22-25)19(26)24-9-1-2-10-24/h3-6,14,17H,1-2,7-13H2. The number of piperidine rings is 1. The highest BCUT2D eigenvalue weighted by Crippen LogP contribution is 2.23. The molecule has 1 aromatic carbocycles. The second-order valence-corrected chi connectivity index (χ2v) is 7.65. The van der Waals surface area contributed by atoms with E-state index in [9.17, 15) is 4.79 Å². The van der Waals surface area contributed by atoms with Gasteiger partial charge in [-0.2, -0.15) is 0 Å². The Balaban J connectivity index is 1.32. The zero-order valence-corrected chi connectivity index (χ0v) is 15.6. The molecule has 2 saturated heterocycles. The van der Waals surface area contributed by atoms with Gasteiger partial charge in [-0.1, -0.05) is 28.9 Å². The first-order chi connectivity index (χ1) is 12.7. The molecule has 0 bridgehead atoms. The number of carbonyl (C=O) groups is 1. The second-order valence-electron chi connectivity index (χ2n) is 7.22. The van der Waals surface area contributed by atoms with Crippen LogP contribution in [0.25, 0.3) is 0 Å². The molecule has 0 spiro atoms. The van der Waals surface area contributed by atoms with Crippen molar-refractivity contribution < 1.29 is 4.79 Å². The minimum atomic E-state index is 0.0222. The van der Waals surface area contributed by atoms with Crippen LogP contribution in [0.1, 0.15) is 47.8 Å². The van der Waals surface area contributed by atoms with Gasteiger partial charge in [-0.3, -0.25) is 9.69 Å². The monoisotopic (exact) mass is 373 g/mol. The Morgan fingerprint density at radius 2 is 1.77 bits per heavy atom. The summed E-state index contributed by atoms with van der Waals surface area (Å²) in [7, 11) is 0. The van der Waals surface area contributed by atoms with E-state index in [2.05, 4.69) is 27.3 Å². The lowest BCUT2D eigenvalue weighted by atomic mass is 10.0. The molecule has 0 radical (unpaired) electrons. The minimum absolute atomic E-state index is 0.0222. The maximum atomic E-state index is 12.4. The minimum Gasteiger partial charge on any atom is -0.337 e. The highest BCUT2D eigenvalue weighted by Gasteiger charge is 2.25. The quantitative estimate of drug-likeness (QED) is 0.826. The number of hydrogen-bond donors (Lipinski definition) is 0. The van der Waals surface area contributed by atoms with Gasteiger partial charge in [-0.15, -0.1) is 5.10 Å². The molecule has 4 rings (SSSR count). The molecule has 0 aliphatic carbocycles. The van der Waals surface area contributed by atoms with Crippen molar-refractivity contribution in [2.45, 2.75) is 38.3 Å². The number of likely N-dealkylation sites (tertiary alicyclic amines) is 2. The van der Waals surface area contributed by atoms with Crippen molar-refractivity contribution in [2.24, 2.45) is 0 Å². The summed E-state index contributed by atoms with van der Waals surface area (Å²) in [5.74, 6) is 0.0222. The summed E-state index contributed by atoms with van der Waals surface area (Å²) >= 11 is 5.95. The smallest absolute Gasteiger partial charge is 0.276 e. The maximum absolute atomic E-state index is 12.4. The zero-order chi connectivity index (χ0) is 17.9. The Labute approximate surface area is 158 Å². The third kappa shape index (κ3) is 3.91. The number of aromatic nitrogens is 3. The van der Waals surface area contributed by atoms with E-state index in [1.807, 2.05) is 27.9 Å². The van der Waals surface area contributed by atoms with Gasteiger partial charge in [0, 0.05) is 37.7 Å².